The zero-order valence-electron chi connectivity index (χ0n) is 22.5. The summed E-state index contributed by atoms with van der Waals surface area (Å²) in [6.07, 6.45) is 11.6. The van der Waals surface area contributed by atoms with Crippen LogP contribution in [0.1, 0.15) is 88.5 Å². The first kappa shape index (κ1) is 26.3. The number of piperidine rings is 1. The van der Waals surface area contributed by atoms with Gasteiger partial charge in [0.25, 0.3) is 0 Å². The quantitative estimate of drug-likeness (QED) is 0.430. The monoisotopic (exact) mass is 520 g/mol. The maximum absolute atomic E-state index is 11.2. The van der Waals surface area contributed by atoms with E-state index in [1.807, 2.05) is 0 Å². The molecule has 0 amide bonds. The minimum Gasteiger partial charge on any atom is -0.354 e. The van der Waals surface area contributed by atoms with Gasteiger partial charge in [-0.3, -0.25) is 9.89 Å². The SMILES string of the molecule is C/C1=C/C(c2[nH]c3ccc(C4CCN(C(C)CS(=O)O)CC4)cc3c2C(C)C)=C\CCC2CC1=NC=N2. The second-order valence-corrected chi connectivity index (χ2v) is 12.3. The highest BCUT2D eigenvalue weighted by molar-refractivity contribution is 7.79. The molecule has 37 heavy (non-hydrogen) atoms. The summed E-state index contributed by atoms with van der Waals surface area (Å²) in [6, 6.07) is 7.47. The zero-order valence-corrected chi connectivity index (χ0v) is 23.4. The van der Waals surface area contributed by atoms with E-state index >= 15 is 0 Å². The van der Waals surface area contributed by atoms with Crippen LogP contribution in [0.3, 0.4) is 0 Å². The van der Waals surface area contributed by atoms with Crippen LogP contribution in [-0.2, 0) is 11.1 Å². The molecule has 0 spiro atoms. The minimum absolute atomic E-state index is 0.142. The van der Waals surface area contributed by atoms with Gasteiger partial charge in [0.1, 0.15) is 6.34 Å². The van der Waals surface area contributed by atoms with Crippen molar-refractivity contribution in [1.82, 2.24) is 9.88 Å². The number of fused-ring (bicyclic) bond motifs is 3. The van der Waals surface area contributed by atoms with Gasteiger partial charge in [0, 0.05) is 34.8 Å². The average Bonchev–Trinajstić information content (AvgIpc) is 3.28. The molecule has 198 valence electrons. The number of hydrogen-bond donors (Lipinski definition) is 2. The summed E-state index contributed by atoms with van der Waals surface area (Å²) in [5, 5.41) is 1.33. The molecule has 1 aromatic heterocycles. The predicted molar refractivity (Wildman–Crippen MR) is 156 cm³/mol. The van der Waals surface area contributed by atoms with Gasteiger partial charge in [0.05, 0.1) is 11.8 Å². The number of aliphatic imine (C=N–C) groups is 2. The maximum Gasteiger partial charge on any atom is 0.154 e. The third-order valence-electron chi connectivity index (χ3n) is 8.35. The lowest BCUT2D eigenvalue weighted by Gasteiger charge is -2.35. The Kier molecular flexibility index (Phi) is 7.93. The predicted octanol–water partition coefficient (Wildman–Crippen LogP) is 6.45. The number of aromatic nitrogens is 1. The van der Waals surface area contributed by atoms with Crippen molar-refractivity contribution in [3.8, 4) is 0 Å². The molecule has 2 N–H and O–H groups in total. The summed E-state index contributed by atoms with van der Waals surface area (Å²) in [7, 11) is 0. The number of likely N-dealkylation sites (tertiary alicyclic amines) is 1. The van der Waals surface area contributed by atoms with E-state index in [9.17, 15) is 8.76 Å². The van der Waals surface area contributed by atoms with E-state index in [2.05, 4.69) is 77.9 Å². The molecule has 1 aliphatic carbocycles. The van der Waals surface area contributed by atoms with Crippen molar-refractivity contribution in [1.29, 1.82) is 0 Å². The topological polar surface area (TPSA) is 81.0 Å². The Morgan fingerprint density at radius 1 is 1.19 bits per heavy atom. The Bertz CT molecular complexity index is 1290. The molecule has 3 unspecified atom stereocenters. The fourth-order valence-electron chi connectivity index (χ4n) is 6.24. The number of H-pyrrole nitrogens is 1. The summed E-state index contributed by atoms with van der Waals surface area (Å²) >= 11 is -1.74. The van der Waals surface area contributed by atoms with Crippen LogP contribution in [0.5, 0.6) is 0 Å². The van der Waals surface area contributed by atoms with E-state index in [1.54, 1.807) is 6.34 Å². The fraction of sp³-hybridized carbons (Fsp3) is 0.533. The molecular formula is C30H40N4O2S. The molecule has 2 aromatic rings. The molecule has 2 bridgehead atoms. The third kappa shape index (κ3) is 5.74. The van der Waals surface area contributed by atoms with Gasteiger partial charge in [-0.1, -0.05) is 26.0 Å². The second kappa shape index (κ2) is 11.2. The van der Waals surface area contributed by atoms with Crippen LogP contribution < -0.4 is 0 Å². The van der Waals surface area contributed by atoms with Crippen molar-refractivity contribution >= 4 is 39.6 Å². The van der Waals surface area contributed by atoms with Gasteiger partial charge in [0.15, 0.2) is 11.1 Å². The third-order valence-corrected chi connectivity index (χ3v) is 9.12. The molecule has 0 saturated carbocycles. The van der Waals surface area contributed by atoms with E-state index in [-0.39, 0.29) is 6.04 Å². The summed E-state index contributed by atoms with van der Waals surface area (Å²) in [4.78, 5) is 15.3. The smallest absolute Gasteiger partial charge is 0.154 e. The van der Waals surface area contributed by atoms with Crippen molar-refractivity contribution in [3.05, 3.63) is 52.7 Å². The number of nitrogens with one attached hydrogen (secondary N) is 1. The zero-order chi connectivity index (χ0) is 26.1. The van der Waals surface area contributed by atoms with Crippen molar-refractivity contribution in [2.24, 2.45) is 9.98 Å². The molecule has 7 heteroatoms. The maximum atomic E-state index is 11.2. The summed E-state index contributed by atoms with van der Waals surface area (Å²) < 4.78 is 20.5. The molecule has 2 aliphatic heterocycles. The Morgan fingerprint density at radius 3 is 2.70 bits per heavy atom. The molecule has 1 saturated heterocycles. The lowest BCUT2D eigenvalue weighted by atomic mass is 9.87. The van der Waals surface area contributed by atoms with Crippen LogP contribution in [0, 0.1) is 0 Å². The van der Waals surface area contributed by atoms with Crippen LogP contribution in [0.2, 0.25) is 0 Å². The van der Waals surface area contributed by atoms with Crippen LogP contribution in [0.25, 0.3) is 16.5 Å². The molecule has 0 radical (unpaired) electrons. The van der Waals surface area contributed by atoms with Crippen LogP contribution in [0.4, 0.5) is 0 Å². The first-order valence-corrected chi connectivity index (χ1v) is 15.0. The molecule has 3 atom stereocenters. The highest BCUT2D eigenvalue weighted by Crippen LogP contribution is 2.38. The van der Waals surface area contributed by atoms with E-state index in [0.29, 0.717) is 23.6 Å². The molecule has 1 aromatic carbocycles. The Hall–Kier alpha value is -2.35. The van der Waals surface area contributed by atoms with Gasteiger partial charge in [-0.05, 0) is 105 Å². The molecule has 3 heterocycles. The lowest BCUT2D eigenvalue weighted by Crippen LogP contribution is -2.42. The summed E-state index contributed by atoms with van der Waals surface area (Å²) in [6.45, 7) is 10.8. The molecule has 1 fully saturated rings. The average molecular weight is 521 g/mol. The van der Waals surface area contributed by atoms with Gasteiger partial charge in [-0.25, -0.2) is 9.20 Å². The fourth-order valence-corrected chi connectivity index (χ4v) is 6.87. The standard InChI is InChI=1S/C30H40N4O2S/c1-19(2)29-26-15-23(22-10-12-34(13-11-22)21(4)17-37(35)36)8-9-27(26)33-30(29)24-6-5-7-25-16-28(20(3)14-24)32-18-31-25/h6,8-9,14-15,18-19,21-22,25,33H,5,7,10-13,16-17H2,1-4H3,(H,35,36)/b20-14-,24-6+. The normalized spacial score (nSPS) is 26.0. The molecule has 3 aliphatic rings. The highest BCUT2D eigenvalue weighted by atomic mass is 32.2. The molecule has 5 rings (SSSR count). The largest absolute Gasteiger partial charge is 0.354 e. The summed E-state index contributed by atoms with van der Waals surface area (Å²) in [5.41, 5.74) is 8.88. The minimum atomic E-state index is -1.74. The summed E-state index contributed by atoms with van der Waals surface area (Å²) in [5.74, 6) is 1.24. The second-order valence-electron chi connectivity index (χ2n) is 11.3. The van der Waals surface area contributed by atoms with Crippen LogP contribution in [0.15, 0.2) is 45.9 Å². The van der Waals surface area contributed by atoms with Gasteiger partial charge in [-0.15, -0.1) is 0 Å². The van der Waals surface area contributed by atoms with Gasteiger partial charge in [-0.2, -0.15) is 0 Å². The number of benzene rings is 1. The van der Waals surface area contributed by atoms with Crippen molar-refractivity contribution < 1.29 is 8.76 Å². The van der Waals surface area contributed by atoms with Gasteiger partial charge in [0.2, 0.25) is 0 Å². The molecular weight excluding hydrogens is 480 g/mol. The van der Waals surface area contributed by atoms with E-state index < -0.39 is 11.1 Å². The van der Waals surface area contributed by atoms with E-state index in [4.69, 9.17) is 0 Å². The number of allylic oxidation sites excluding steroid dienone is 4. The Balaban J connectivity index is 1.44. The van der Waals surface area contributed by atoms with Gasteiger partial charge >= 0.3 is 0 Å². The number of hydrogen-bond acceptors (Lipinski definition) is 4. The first-order chi connectivity index (χ1) is 17.8. The number of aromatic amines is 1. The van der Waals surface area contributed by atoms with Gasteiger partial charge < -0.3 is 9.54 Å². The molecule has 6 nitrogen and oxygen atoms in total. The first-order valence-electron chi connectivity index (χ1n) is 13.7. The van der Waals surface area contributed by atoms with E-state index in [1.165, 1.54) is 38.9 Å². The van der Waals surface area contributed by atoms with Crippen LogP contribution in [-0.4, -0.2) is 61.6 Å². The number of nitrogens with zero attached hydrogens (tertiary/aromatic N) is 3. The highest BCUT2D eigenvalue weighted by Gasteiger charge is 2.26. The Labute approximate surface area is 223 Å². The van der Waals surface area contributed by atoms with Crippen LogP contribution >= 0.6 is 0 Å². The van der Waals surface area contributed by atoms with Crippen molar-refractivity contribution in [3.63, 3.8) is 0 Å². The van der Waals surface area contributed by atoms with Crippen molar-refractivity contribution in [2.45, 2.75) is 83.7 Å². The Morgan fingerprint density at radius 2 is 1.97 bits per heavy atom. The van der Waals surface area contributed by atoms with E-state index in [0.717, 1.165) is 50.9 Å². The lowest BCUT2D eigenvalue weighted by molar-refractivity contribution is 0.173. The number of rotatable bonds is 6. The van der Waals surface area contributed by atoms with Crippen molar-refractivity contribution in [2.75, 3.05) is 18.8 Å².